The van der Waals surface area contributed by atoms with Crippen molar-refractivity contribution in [2.24, 2.45) is 0 Å². The Labute approximate surface area is 159 Å². The molecule has 0 aromatic heterocycles. The van der Waals surface area contributed by atoms with E-state index < -0.39 is 12.2 Å². The minimum Gasteiger partial charge on any atom is -0.501 e. The Bertz CT molecular complexity index is 791. The third-order valence-electron chi connectivity index (χ3n) is 4.68. The molecule has 3 rings (SSSR count). The molecule has 2 aliphatic rings. The molecule has 1 heterocycles. The quantitative estimate of drug-likeness (QED) is 0.851. The normalized spacial score (nSPS) is 25.7. The Morgan fingerprint density at radius 2 is 2.19 bits per heavy atom. The van der Waals surface area contributed by atoms with Crippen molar-refractivity contribution in [2.75, 3.05) is 7.11 Å². The lowest BCUT2D eigenvalue weighted by Gasteiger charge is -2.30. The van der Waals surface area contributed by atoms with Gasteiger partial charge < -0.3 is 14.6 Å². The van der Waals surface area contributed by atoms with E-state index in [4.69, 9.17) is 26.3 Å². The maximum Gasteiger partial charge on any atom is 0.147 e. The number of hydrogen-bond donors (Lipinski definition) is 1. The Kier molecular flexibility index (Phi) is 6.16. The maximum atomic E-state index is 10.0. The lowest BCUT2D eigenvalue weighted by atomic mass is 9.94. The summed E-state index contributed by atoms with van der Waals surface area (Å²) >= 11 is 6.40. The molecule has 5 heteroatoms. The van der Waals surface area contributed by atoms with E-state index in [0.717, 1.165) is 28.9 Å². The third kappa shape index (κ3) is 4.56. The number of nitrogens with zero attached hydrogens (tertiary/aromatic N) is 1. The van der Waals surface area contributed by atoms with Gasteiger partial charge in [-0.05, 0) is 35.3 Å². The number of benzene rings is 1. The molecule has 3 atom stereocenters. The van der Waals surface area contributed by atoms with E-state index in [1.54, 1.807) is 7.11 Å². The van der Waals surface area contributed by atoms with Crippen LogP contribution >= 0.6 is 11.6 Å². The molecule has 136 valence electrons. The summed E-state index contributed by atoms with van der Waals surface area (Å²) in [5, 5.41) is 19.8. The van der Waals surface area contributed by atoms with Crippen molar-refractivity contribution in [2.45, 2.75) is 44.0 Å². The minimum absolute atomic E-state index is 0.293. The van der Waals surface area contributed by atoms with Crippen LogP contribution in [0.25, 0.3) is 0 Å². The van der Waals surface area contributed by atoms with Crippen molar-refractivity contribution in [3.05, 3.63) is 70.0 Å². The molecule has 1 N–H and O–H groups in total. The number of aliphatic hydroxyl groups is 1. The van der Waals surface area contributed by atoms with Gasteiger partial charge in [0.05, 0.1) is 31.1 Å². The highest BCUT2D eigenvalue weighted by atomic mass is 35.5. The average molecular weight is 372 g/mol. The second-order valence-corrected chi connectivity index (χ2v) is 6.99. The first kappa shape index (κ1) is 18.7. The topological polar surface area (TPSA) is 62.5 Å². The first-order valence-electron chi connectivity index (χ1n) is 8.70. The zero-order valence-corrected chi connectivity index (χ0v) is 15.4. The van der Waals surface area contributed by atoms with Crippen molar-refractivity contribution in [3.8, 4) is 6.07 Å². The monoisotopic (exact) mass is 371 g/mol. The molecule has 0 saturated carbocycles. The van der Waals surface area contributed by atoms with E-state index in [2.05, 4.69) is 18.2 Å². The van der Waals surface area contributed by atoms with Crippen molar-refractivity contribution in [3.63, 3.8) is 0 Å². The molecule has 4 nitrogen and oxygen atoms in total. The molecule has 0 bridgehead atoms. The minimum atomic E-state index is -0.576. The summed E-state index contributed by atoms with van der Waals surface area (Å²) in [5.41, 5.74) is 3.07. The van der Waals surface area contributed by atoms with E-state index in [0.29, 0.717) is 24.3 Å². The summed E-state index contributed by atoms with van der Waals surface area (Å²) in [7, 11) is 1.67. The van der Waals surface area contributed by atoms with Gasteiger partial charge in [-0.3, -0.25) is 0 Å². The lowest BCUT2D eigenvalue weighted by molar-refractivity contribution is -0.0747. The average Bonchev–Trinajstić information content (AvgIpc) is 2.88. The molecule has 1 aliphatic heterocycles. The number of rotatable bonds is 4. The van der Waals surface area contributed by atoms with Crippen LogP contribution < -0.4 is 0 Å². The first-order chi connectivity index (χ1) is 12.6. The van der Waals surface area contributed by atoms with Gasteiger partial charge in [0.1, 0.15) is 6.10 Å². The van der Waals surface area contributed by atoms with E-state index in [1.165, 1.54) is 0 Å². The van der Waals surface area contributed by atoms with E-state index >= 15 is 0 Å². The number of allylic oxidation sites excluding steroid dienone is 5. The molecule has 0 spiro atoms. The SMILES string of the molecule is COC1=CC=C(Cc2cc(C3CC(O)CC(C#N)O3)ccc2Cl)C=CC1. The fraction of sp³-hybridized carbons (Fsp3) is 0.381. The zero-order chi connectivity index (χ0) is 18.5. The van der Waals surface area contributed by atoms with Crippen LogP contribution in [0.1, 0.15) is 36.5 Å². The van der Waals surface area contributed by atoms with Crippen LogP contribution in [0.3, 0.4) is 0 Å². The van der Waals surface area contributed by atoms with Crippen LogP contribution in [0.15, 0.2) is 53.8 Å². The summed E-state index contributed by atoms with van der Waals surface area (Å²) < 4.78 is 11.1. The molecule has 3 unspecified atom stereocenters. The summed E-state index contributed by atoms with van der Waals surface area (Å²) in [6.07, 6.45) is 9.08. The van der Waals surface area contributed by atoms with Crippen molar-refractivity contribution in [1.29, 1.82) is 5.26 Å². The number of ether oxygens (including phenoxy) is 2. The Morgan fingerprint density at radius 3 is 2.96 bits per heavy atom. The van der Waals surface area contributed by atoms with Gasteiger partial charge in [0.25, 0.3) is 0 Å². The number of methoxy groups -OCH3 is 1. The molecule has 26 heavy (non-hydrogen) atoms. The van der Waals surface area contributed by atoms with Crippen LogP contribution in [-0.2, 0) is 15.9 Å². The highest BCUT2D eigenvalue weighted by Crippen LogP contribution is 2.33. The Morgan fingerprint density at radius 1 is 1.35 bits per heavy atom. The molecule has 1 aliphatic carbocycles. The number of hydrogen-bond acceptors (Lipinski definition) is 4. The van der Waals surface area contributed by atoms with E-state index in [-0.39, 0.29) is 6.10 Å². The predicted octanol–water partition coefficient (Wildman–Crippen LogP) is 4.40. The molecular weight excluding hydrogens is 350 g/mol. The van der Waals surface area contributed by atoms with Gasteiger partial charge >= 0.3 is 0 Å². The third-order valence-corrected chi connectivity index (χ3v) is 5.05. The van der Waals surface area contributed by atoms with Gasteiger partial charge in [0.2, 0.25) is 0 Å². The smallest absolute Gasteiger partial charge is 0.147 e. The highest BCUT2D eigenvalue weighted by molar-refractivity contribution is 6.31. The van der Waals surface area contributed by atoms with E-state index in [1.807, 2.05) is 30.4 Å². The summed E-state index contributed by atoms with van der Waals surface area (Å²) in [5.74, 6) is 0.920. The maximum absolute atomic E-state index is 10.0. The molecular formula is C21H22ClNO3. The van der Waals surface area contributed by atoms with Gasteiger partial charge in [-0.15, -0.1) is 0 Å². The van der Waals surface area contributed by atoms with Crippen molar-refractivity contribution in [1.82, 2.24) is 0 Å². The van der Waals surface area contributed by atoms with Gasteiger partial charge in [-0.2, -0.15) is 5.26 Å². The Hall–Kier alpha value is -2.06. The molecule has 0 radical (unpaired) electrons. The zero-order valence-electron chi connectivity index (χ0n) is 14.7. The van der Waals surface area contributed by atoms with Gasteiger partial charge in [0.15, 0.2) is 0 Å². The van der Waals surface area contributed by atoms with E-state index in [9.17, 15) is 5.11 Å². The lowest BCUT2D eigenvalue weighted by Crippen LogP contribution is -2.30. The molecule has 1 saturated heterocycles. The van der Waals surface area contributed by atoms with Crippen LogP contribution in [0, 0.1) is 11.3 Å². The van der Waals surface area contributed by atoms with Crippen LogP contribution in [0.4, 0.5) is 0 Å². The van der Waals surface area contributed by atoms with Gasteiger partial charge in [-0.25, -0.2) is 0 Å². The molecule has 1 aromatic carbocycles. The number of halogens is 1. The largest absolute Gasteiger partial charge is 0.501 e. The van der Waals surface area contributed by atoms with Crippen molar-refractivity contribution >= 4 is 11.6 Å². The van der Waals surface area contributed by atoms with Gasteiger partial charge in [-0.1, -0.05) is 42.0 Å². The van der Waals surface area contributed by atoms with Crippen LogP contribution in [-0.4, -0.2) is 24.4 Å². The predicted molar refractivity (Wildman–Crippen MR) is 101 cm³/mol. The fourth-order valence-corrected chi connectivity index (χ4v) is 3.45. The standard InChI is InChI=1S/C21H22ClNO3/c1-25-18-4-2-3-14(5-7-18)9-16-10-15(6-8-20(16)22)21-12-17(24)11-19(13-23)26-21/h2-3,5-8,10,17,19,21,24H,4,9,11-12H2,1H3. The summed E-state index contributed by atoms with van der Waals surface area (Å²) in [6, 6.07) is 7.87. The summed E-state index contributed by atoms with van der Waals surface area (Å²) in [4.78, 5) is 0. The van der Waals surface area contributed by atoms with Gasteiger partial charge in [0, 0.05) is 24.3 Å². The molecule has 1 fully saturated rings. The second-order valence-electron chi connectivity index (χ2n) is 6.58. The second kappa shape index (κ2) is 8.55. The van der Waals surface area contributed by atoms with Crippen LogP contribution in [0.5, 0.6) is 0 Å². The van der Waals surface area contributed by atoms with Crippen LogP contribution in [0.2, 0.25) is 5.02 Å². The molecule has 1 aromatic rings. The summed E-state index contributed by atoms with van der Waals surface area (Å²) in [6.45, 7) is 0. The Balaban J connectivity index is 1.81. The van der Waals surface area contributed by atoms with Crippen molar-refractivity contribution < 1.29 is 14.6 Å². The fourth-order valence-electron chi connectivity index (χ4n) is 3.27. The first-order valence-corrected chi connectivity index (χ1v) is 9.08. The number of nitriles is 1. The number of aliphatic hydroxyl groups excluding tert-OH is 1. The highest BCUT2D eigenvalue weighted by Gasteiger charge is 2.29. The molecule has 0 amide bonds.